The Kier molecular flexibility index (Phi) is 6.12. The lowest BCUT2D eigenvalue weighted by Crippen LogP contribution is -2.29. The van der Waals surface area contributed by atoms with E-state index in [1.807, 2.05) is 55.5 Å². The van der Waals surface area contributed by atoms with E-state index >= 15 is 0 Å². The van der Waals surface area contributed by atoms with Crippen molar-refractivity contribution in [1.29, 1.82) is 0 Å². The normalized spacial score (nSPS) is 17.5. The number of aliphatic hydroxyl groups excluding tert-OH is 1. The molecule has 1 N–H and O–H groups in total. The summed E-state index contributed by atoms with van der Waals surface area (Å²) in [6.45, 7) is 8.32. The second-order valence-corrected chi connectivity index (χ2v) is 11.2. The lowest BCUT2D eigenvalue weighted by Gasteiger charge is -2.24. The van der Waals surface area contributed by atoms with Gasteiger partial charge in [-0.2, -0.15) is 0 Å². The minimum atomic E-state index is -0.822. The molecule has 0 saturated carbocycles. The Bertz CT molecular complexity index is 1540. The van der Waals surface area contributed by atoms with Gasteiger partial charge in [0.25, 0.3) is 5.78 Å². The molecule has 1 aromatic heterocycles. The van der Waals surface area contributed by atoms with Gasteiger partial charge >= 0.3 is 5.91 Å². The van der Waals surface area contributed by atoms with Gasteiger partial charge in [-0.05, 0) is 41.7 Å². The van der Waals surface area contributed by atoms with E-state index in [9.17, 15) is 14.7 Å². The first kappa shape index (κ1) is 24.7. The quantitative estimate of drug-likeness (QED) is 0.191. The Morgan fingerprint density at radius 1 is 1.00 bits per heavy atom. The van der Waals surface area contributed by atoms with E-state index in [2.05, 4.69) is 25.8 Å². The molecule has 2 heterocycles. The minimum Gasteiger partial charge on any atom is -0.507 e. The topological polar surface area (TPSA) is 79.7 Å². The maximum absolute atomic E-state index is 13.5. The molecule has 0 bridgehead atoms. The van der Waals surface area contributed by atoms with Gasteiger partial charge < -0.3 is 9.84 Å². The number of Topliss-reactive ketones (excluding diaryl/α,β-unsaturated/α-hetero) is 1. The van der Waals surface area contributed by atoms with Crippen LogP contribution in [0.2, 0.25) is 0 Å². The third-order valence-electron chi connectivity index (χ3n) is 6.65. The van der Waals surface area contributed by atoms with Crippen molar-refractivity contribution < 1.29 is 19.4 Å². The molecule has 1 fully saturated rings. The average molecular weight is 513 g/mol. The number of anilines is 1. The van der Waals surface area contributed by atoms with Gasteiger partial charge in [-0.15, -0.1) is 0 Å². The molecule has 0 unspecified atom stereocenters. The Morgan fingerprint density at radius 2 is 1.68 bits per heavy atom. The SMILES string of the molecule is COc1ccc2nc(N3C(=O)C(=O)C(=C(O)c4ccc(C)cc4)[C@H]3c3ccc(C(C)(C)C)cc3)sc2c1. The standard InChI is InChI=1S/C30H28N2O4S/c1-17-6-8-19(9-7-17)26(33)24-25(18-10-12-20(13-11-18)30(2,3)4)32(28(35)27(24)34)29-31-22-15-14-21(36-5)16-23(22)37-29/h6-16,25,33H,1-5H3/t25-/m1/s1. The molecule has 1 amide bonds. The summed E-state index contributed by atoms with van der Waals surface area (Å²) in [5.74, 6) is -0.976. The second-order valence-electron chi connectivity index (χ2n) is 10.2. The van der Waals surface area contributed by atoms with Crippen LogP contribution in [0.1, 0.15) is 49.1 Å². The molecule has 0 radical (unpaired) electrons. The Morgan fingerprint density at radius 3 is 2.30 bits per heavy atom. The van der Waals surface area contributed by atoms with Crippen LogP contribution < -0.4 is 9.64 Å². The third-order valence-corrected chi connectivity index (χ3v) is 7.67. The van der Waals surface area contributed by atoms with Crippen LogP contribution in [0.15, 0.2) is 72.3 Å². The minimum absolute atomic E-state index is 0.0502. The number of aryl methyl sites for hydroxylation is 1. The average Bonchev–Trinajstić information content (AvgIpc) is 3.41. The van der Waals surface area contributed by atoms with Gasteiger partial charge in [-0.1, -0.05) is 86.2 Å². The molecular weight excluding hydrogens is 484 g/mol. The molecule has 6 nitrogen and oxygen atoms in total. The summed E-state index contributed by atoms with van der Waals surface area (Å²) in [6, 6.07) is 19.7. The van der Waals surface area contributed by atoms with Crippen molar-refractivity contribution in [3.63, 3.8) is 0 Å². The number of aromatic nitrogens is 1. The third kappa shape index (κ3) is 4.40. The van der Waals surface area contributed by atoms with E-state index in [1.165, 1.54) is 16.2 Å². The molecule has 1 aliphatic heterocycles. The van der Waals surface area contributed by atoms with Gasteiger partial charge in [-0.3, -0.25) is 14.5 Å². The summed E-state index contributed by atoms with van der Waals surface area (Å²) in [5, 5.41) is 11.7. The molecule has 0 aliphatic carbocycles. The van der Waals surface area contributed by atoms with Gasteiger partial charge in [0.15, 0.2) is 5.13 Å². The number of carbonyl (C=O) groups is 2. The Labute approximate surface area is 219 Å². The molecule has 4 aromatic rings. The lowest BCUT2D eigenvalue weighted by atomic mass is 9.85. The molecule has 37 heavy (non-hydrogen) atoms. The highest BCUT2D eigenvalue weighted by Crippen LogP contribution is 2.45. The molecular formula is C30H28N2O4S. The molecule has 3 aromatic carbocycles. The van der Waals surface area contributed by atoms with Gasteiger partial charge in [0.05, 0.1) is 28.9 Å². The number of benzene rings is 3. The molecule has 5 rings (SSSR count). The monoisotopic (exact) mass is 512 g/mol. The molecule has 0 spiro atoms. The molecule has 7 heteroatoms. The van der Waals surface area contributed by atoms with Crippen LogP contribution in [0.3, 0.4) is 0 Å². The van der Waals surface area contributed by atoms with Gasteiger partial charge in [0.2, 0.25) is 0 Å². The Hall–Kier alpha value is -3.97. The number of aliphatic hydroxyl groups is 1. The van der Waals surface area contributed by atoms with E-state index in [0.29, 0.717) is 22.0 Å². The number of hydrogen-bond acceptors (Lipinski definition) is 6. The fraction of sp³-hybridized carbons (Fsp3) is 0.233. The number of thiazole rings is 1. The van der Waals surface area contributed by atoms with E-state index in [-0.39, 0.29) is 16.7 Å². The molecule has 1 atom stereocenters. The summed E-state index contributed by atoms with van der Waals surface area (Å²) in [5.41, 5.74) is 4.04. The summed E-state index contributed by atoms with van der Waals surface area (Å²) in [4.78, 5) is 33.0. The van der Waals surface area contributed by atoms with Crippen LogP contribution >= 0.6 is 11.3 Å². The summed E-state index contributed by atoms with van der Waals surface area (Å²) in [7, 11) is 1.59. The molecule has 1 saturated heterocycles. The predicted molar refractivity (Wildman–Crippen MR) is 147 cm³/mol. The number of ether oxygens (including phenoxy) is 1. The molecule has 1 aliphatic rings. The highest BCUT2D eigenvalue weighted by atomic mass is 32.1. The van der Waals surface area contributed by atoms with Crippen LogP contribution in [0, 0.1) is 6.92 Å². The van der Waals surface area contributed by atoms with Gasteiger partial charge in [0, 0.05) is 5.56 Å². The number of carbonyl (C=O) groups excluding carboxylic acids is 2. The number of rotatable bonds is 4. The van der Waals surface area contributed by atoms with Crippen LogP contribution in [-0.2, 0) is 15.0 Å². The predicted octanol–water partition coefficient (Wildman–Crippen LogP) is 6.54. The fourth-order valence-corrected chi connectivity index (χ4v) is 5.52. The zero-order valence-electron chi connectivity index (χ0n) is 21.4. The number of fused-ring (bicyclic) bond motifs is 1. The highest BCUT2D eigenvalue weighted by molar-refractivity contribution is 7.22. The smallest absolute Gasteiger partial charge is 0.301 e. The van der Waals surface area contributed by atoms with Crippen molar-refractivity contribution in [3.05, 3.63) is 94.6 Å². The van der Waals surface area contributed by atoms with E-state index in [4.69, 9.17) is 4.74 Å². The summed E-state index contributed by atoms with van der Waals surface area (Å²) >= 11 is 1.30. The molecule has 188 valence electrons. The zero-order chi connectivity index (χ0) is 26.5. The Balaban J connectivity index is 1.70. The van der Waals surface area contributed by atoms with E-state index in [1.54, 1.807) is 25.3 Å². The zero-order valence-corrected chi connectivity index (χ0v) is 22.2. The summed E-state index contributed by atoms with van der Waals surface area (Å²) < 4.78 is 6.16. The van der Waals surface area contributed by atoms with Crippen molar-refractivity contribution in [2.24, 2.45) is 0 Å². The number of hydrogen-bond donors (Lipinski definition) is 1. The van der Waals surface area contributed by atoms with Crippen molar-refractivity contribution in [1.82, 2.24) is 4.98 Å². The summed E-state index contributed by atoms with van der Waals surface area (Å²) in [6.07, 6.45) is 0. The largest absolute Gasteiger partial charge is 0.507 e. The van der Waals surface area contributed by atoms with Crippen LogP contribution in [0.4, 0.5) is 5.13 Å². The number of methoxy groups -OCH3 is 1. The number of nitrogens with zero attached hydrogens (tertiary/aromatic N) is 2. The maximum atomic E-state index is 13.5. The lowest BCUT2D eigenvalue weighted by molar-refractivity contribution is -0.132. The van der Waals surface area contributed by atoms with E-state index < -0.39 is 17.7 Å². The van der Waals surface area contributed by atoms with Crippen LogP contribution in [0.5, 0.6) is 5.75 Å². The van der Waals surface area contributed by atoms with Gasteiger partial charge in [0.1, 0.15) is 11.5 Å². The van der Waals surface area contributed by atoms with Crippen molar-refractivity contribution in [2.75, 3.05) is 12.0 Å². The first-order valence-corrected chi connectivity index (χ1v) is 12.8. The van der Waals surface area contributed by atoms with Crippen LogP contribution in [-0.4, -0.2) is 28.9 Å². The number of ketones is 1. The van der Waals surface area contributed by atoms with Crippen molar-refractivity contribution in [2.45, 2.75) is 39.2 Å². The first-order valence-electron chi connectivity index (χ1n) is 12.0. The van der Waals surface area contributed by atoms with Gasteiger partial charge in [-0.25, -0.2) is 4.98 Å². The van der Waals surface area contributed by atoms with Crippen LogP contribution in [0.25, 0.3) is 16.0 Å². The first-order chi connectivity index (χ1) is 17.6. The fourth-order valence-electron chi connectivity index (χ4n) is 4.50. The highest BCUT2D eigenvalue weighted by Gasteiger charge is 2.48. The maximum Gasteiger partial charge on any atom is 0.301 e. The van der Waals surface area contributed by atoms with Crippen molar-refractivity contribution in [3.8, 4) is 5.75 Å². The number of amides is 1. The van der Waals surface area contributed by atoms with Crippen molar-refractivity contribution >= 4 is 44.1 Å². The second kappa shape index (κ2) is 9.16. The van der Waals surface area contributed by atoms with E-state index in [0.717, 1.165) is 21.4 Å².